The molecule has 3 rings (SSSR count). The van der Waals surface area contributed by atoms with Gasteiger partial charge in [0.1, 0.15) is 5.82 Å². The molecule has 1 aliphatic carbocycles. The van der Waals surface area contributed by atoms with Crippen LogP contribution in [0, 0.1) is 11.7 Å². The maximum Gasteiger partial charge on any atom is 0.168 e. The standard InChI is InChI=1S/C16H18FNO/c17-12-7-8-15-13(9-12)14(10-18-15)16(19)11-5-3-1-2-4-6-11/h7-11,18H,1-6H2. The molecule has 0 amide bonds. The van der Waals surface area contributed by atoms with Crippen LogP contribution in [0.25, 0.3) is 10.9 Å². The number of fused-ring (bicyclic) bond motifs is 1. The van der Waals surface area contributed by atoms with Crippen LogP contribution in [-0.4, -0.2) is 10.8 Å². The predicted octanol–water partition coefficient (Wildman–Crippen LogP) is 4.46. The molecule has 1 N–H and O–H groups in total. The summed E-state index contributed by atoms with van der Waals surface area (Å²) in [6, 6.07) is 4.56. The number of carbonyl (C=O) groups is 1. The molecule has 0 bridgehead atoms. The summed E-state index contributed by atoms with van der Waals surface area (Å²) in [7, 11) is 0. The number of halogens is 1. The summed E-state index contributed by atoms with van der Waals surface area (Å²) in [6.45, 7) is 0. The molecule has 3 heteroatoms. The summed E-state index contributed by atoms with van der Waals surface area (Å²) in [5.74, 6) is 0.00512. The monoisotopic (exact) mass is 259 g/mol. The van der Waals surface area contributed by atoms with Crippen LogP contribution in [0.2, 0.25) is 0 Å². The summed E-state index contributed by atoms with van der Waals surface area (Å²) in [6.07, 6.45) is 8.40. The molecular weight excluding hydrogens is 241 g/mol. The third kappa shape index (κ3) is 2.42. The van der Waals surface area contributed by atoms with E-state index in [0.717, 1.165) is 31.2 Å². The molecule has 0 spiro atoms. The van der Waals surface area contributed by atoms with E-state index in [-0.39, 0.29) is 17.5 Å². The number of hydrogen-bond donors (Lipinski definition) is 1. The van der Waals surface area contributed by atoms with Crippen LogP contribution in [0.4, 0.5) is 4.39 Å². The third-order valence-corrected chi connectivity index (χ3v) is 4.14. The lowest BCUT2D eigenvalue weighted by Gasteiger charge is -2.11. The van der Waals surface area contributed by atoms with Crippen molar-refractivity contribution in [3.05, 3.63) is 35.8 Å². The first-order chi connectivity index (χ1) is 9.25. The van der Waals surface area contributed by atoms with E-state index < -0.39 is 0 Å². The Morgan fingerprint density at radius 2 is 1.89 bits per heavy atom. The zero-order valence-corrected chi connectivity index (χ0v) is 10.9. The van der Waals surface area contributed by atoms with Gasteiger partial charge in [0.05, 0.1) is 0 Å². The molecule has 0 radical (unpaired) electrons. The highest BCUT2D eigenvalue weighted by atomic mass is 19.1. The van der Waals surface area contributed by atoms with Crippen LogP contribution in [0.3, 0.4) is 0 Å². The van der Waals surface area contributed by atoms with E-state index >= 15 is 0 Å². The van der Waals surface area contributed by atoms with Crippen LogP contribution in [-0.2, 0) is 0 Å². The number of hydrogen-bond acceptors (Lipinski definition) is 1. The summed E-state index contributed by atoms with van der Waals surface area (Å²) in [4.78, 5) is 15.7. The first kappa shape index (κ1) is 12.4. The van der Waals surface area contributed by atoms with Crippen molar-refractivity contribution in [2.24, 2.45) is 5.92 Å². The van der Waals surface area contributed by atoms with Crippen LogP contribution >= 0.6 is 0 Å². The number of Topliss-reactive ketones (excluding diaryl/α,β-unsaturated/α-hetero) is 1. The molecule has 1 saturated carbocycles. The number of ketones is 1. The van der Waals surface area contributed by atoms with Gasteiger partial charge in [-0.2, -0.15) is 0 Å². The smallest absolute Gasteiger partial charge is 0.168 e. The second kappa shape index (κ2) is 5.16. The molecule has 1 heterocycles. The van der Waals surface area contributed by atoms with E-state index in [1.54, 1.807) is 12.3 Å². The number of rotatable bonds is 2. The van der Waals surface area contributed by atoms with E-state index in [2.05, 4.69) is 4.98 Å². The number of nitrogens with one attached hydrogen (secondary N) is 1. The normalized spacial score (nSPS) is 17.5. The molecule has 1 aromatic carbocycles. The van der Waals surface area contributed by atoms with Crippen molar-refractivity contribution < 1.29 is 9.18 Å². The van der Waals surface area contributed by atoms with Crippen LogP contribution in [0.15, 0.2) is 24.4 Å². The van der Waals surface area contributed by atoms with Crippen molar-refractivity contribution in [2.45, 2.75) is 38.5 Å². The van der Waals surface area contributed by atoms with Crippen molar-refractivity contribution in [3.8, 4) is 0 Å². The summed E-state index contributed by atoms with van der Waals surface area (Å²) in [5, 5.41) is 0.717. The summed E-state index contributed by atoms with van der Waals surface area (Å²) >= 11 is 0. The van der Waals surface area contributed by atoms with Gasteiger partial charge in [-0.3, -0.25) is 4.79 Å². The van der Waals surface area contributed by atoms with Crippen molar-refractivity contribution in [1.29, 1.82) is 0 Å². The Kier molecular flexibility index (Phi) is 3.36. The van der Waals surface area contributed by atoms with Gasteiger partial charge in [-0.15, -0.1) is 0 Å². The van der Waals surface area contributed by atoms with Crippen molar-refractivity contribution in [2.75, 3.05) is 0 Å². The number of H-pyrrole nitrogens is 1. The lowest BCUT2D eigenvalue weighted by Crippen LogP contribution is -2.13. The molecule has 0 atom stereocenters. The second-order valence-corrected chi connectivity index (χ2v) is 5.44. The molecular formula is C16H18FNO. The van der Waals surface area contributed by atoms with Gasteiger partial charge in [-0.05, 0) is 31.0 Å². The maximum absolute atomic E-state index is 13.3. The highest BCUT2D eigenvalue weighted by molar-refractivity contribution is 6.08. The summed E-state index contributed by atoms with van der Waals surface area (Å²) < 4.78 is 13.3. The Balaban J connectivity index is 1.94. The molecule has 1 aliphatic rings. The summed E-state index contributed by atoms with van der Waals surface area (Å²) in [5.41, 5.74) is 1.49. The third-order valence-electron chi connectivity index (χ3n) is 4.14. The maximum atomic E-state index is 13.3. The van der Waals surface area contributed by atoms with E-state index in [4.69, 9.17) is 0 Å². The Morgan fingerprint density at radius 3 is 2.63 bits per heavy atom. The number of benzene rings is 1. The molecule has 0 aliphatic heterocycles. The lowest BCUT2D eigenvalue weighted by molar-refractivity contribution is 0.0909. The predicted molar refractivity (Wildman–Crippen MR) is 73.8 cm³/mol. The minimum atomic E-state index is -0.290. The minimum Gasteiger partial charge on any atom is -0.360 e. The lowest BCUT2D eigenvalue weighted by atomic mass is 9.91. The Labute approximate surface area is 112 Å². The van der Waals surface area contributed by atoms with Crippen molar-refractivity contribution in [1.82, 2.24) is 4.98 Å². The van der Waals surface area contributed by atoms with Crippen molar-refractivity contribution >= 4 is 16.7 Å². The van der Waals surface area contributed by atoms with E-state index in [1.807, 2.05) is 0 Å². The van der Waals surface area contributed by atoms with Gasteiger partial charge >= 0.3 is 0 Å². The molecule has 2 aromatic rings. The molecule has 100 valence electrons. The molecule has 1 aromatic heterocycles. The minimum absolute atomic E-state index is 0.116. The SMILES string of the molecule is O=C(c1c[nH]c2ccc(F)cc12)C1CCCCCC1. The first-order valence-electron chi connectivity index (χ1n) is 7.06. The quantitative estimate of drug-likeness (QED) is 0.627. The van der Waals surface area contributed by atoms with E-state index in [1.165, 1.54) is 25.0 Å². The van der Waals surface area contributed by atoms with Gasteiger partial charge in [-0.25, -0.2) is 4.39 Å². The van der Waals surface area contributed by atoms with Gasteiger partial charge in [0.25, 0.3) is 0 Å². The topological polar surface area (TPSA) is 32.9 Å². The van der Waals surface area contributed by atoms with E-state index in [0.29, 0.717) is 10.9 Å². The molecule has 2 nitrogen and oxygen atoms in total. The Hall–Kier alpha value is -1.64. The fourth-order valence-corrected chi connectivity index (χ4v) is 3.06. The van der Waals surface area contributed by atoms with Gasteiger partial charge < -0.3 is 4.98 Å². The zero-order valence-electron chi connectivity index (χ0n) is 10.9. The van der Waals surface area contributed by atoms with Gasteiger partial charge in [0.15, 0.2) is 5.78 Å². The second-order valence-electron chi connectivity index (χ2n) is 5.44. The Morgan fingerprint density at radius 1 is 1.16 bits per heavy atom. The van der Waals surface area contributed by atoms with Crippen LogP contribution in [0.1, 0.15) is 48.9 Å². The zero-order chi connectivity index (χ0) is 13.2. The average Bonchev–Trinajstić information content (AvgIpc) is 2.64. The largest absolute Gasteiger partial charge is 0.360 e. The van der Waals surface area contributed by atoms with Gasteiger partial charge in [0, 0.05) is 28.6 Å². The highest BCUT2D eigenvalue weighted by Crippen LogP contribution is 2.29. The van der Waals surface area contributed by atoms with Gasteiger partial charge in [-0.1, -0.05) is 25.7 Å². The van der Waals surface area contributed by atoms with Crippen LogP contribution in [0.5, 0.6) is 0 Å². The highest BCUT2D eigenvalue weighted by Gasteiger charge is 2.23. The fourth-order valence-electron chi connectivity index (χ4n) is 3.06. The number of carbonyl (C=O) groups excluding carboxylic acids is 1. The first-order valence-corrected chi connectivity index (χ1v) is 7.06. The van der Waals surface area contributed by atoms with Gasteiger partial charge in [0.2, 0.25) is 0 Å². The molecule has 0 unspecified atom stereocenters. The van der Waals surface area contributed by atoms with E-state index in [9.17, 15) is 9.18 Å². The van der Waals surface area contributed by atoms with Crippen molar-refractivity contribution in [3.63, 3.8) is 0 Å². The number of aromatic amines is 1. The fraction of sp³-hybridized carbons (Fsp3) is 0.438. The average molecular weight is 259 g/mol. The molecule has 19 heavy (non-hydrogen) atoms. The molecule has 1 fully saturated rings. The Bertz CT molecular complexity index is 594. The molecule has 0 saturated heterocycles. The van der Waals surface area contributed by atoms with Crippen LogP contribution < -0.4 is 0 Å². The number of aromatic nitrogens is 1.